The largest absolute Gasteiger partial charge is 0.456 e. The molecule has 0 amide bonds. The van der Waals surface area contributed by atoms with Gasteiger partial charge in [-0.25, -0.2) is 15.0 Å². The van der Waals surface area contributed by atoms with E-state index in [4.69, 9.17) is 23.8 Å². The Balaban J connectivity index is 1.10. The summed E-state index contributed by atoms with van der Waals surface area (Å²) in [6.45, 7) is 0. The molecule has 9 aromatic carbocycles. The third kappa shape index (κ3) is 5.00. The number of fused-ring (bicyclic) bond motifs is 12. The van der Waals surface area contributed by atoms with Crippen molar-refractivity contribution in [1.29, 1.82) is 0 Å². The number of hydrogen-bond donors (Lipinski definition) is 0. The lowest BCUT2D eigenvalue weighted by Gasteiger charge is -2.12. The monoisotopic (exact) mass is 771 g/mol. The van der Waals surface area contributed by atoms with Crippen LogP contribution in [0.1, 0.15) is 0 Å². The Morgan fingerprint density at radius 2 is 0.915 bits per heavy atom. The average Bonchev–Trinajstić information content (AvgIpc) is 3.99. The molecule has 4 aromatic heterocycles. The van der Waals surface area contributed by atoms with Crippen molar-refractivity contribution in [3.8, 4) is 45.3 Å². The smallest absolute Gasteiger partial charge is 0.164 e. The van der Waals surface area contributed by atoms with Crippen molar-refractivity contribution in [2.45, 2.75) is 0 Å². The van der Waals surface area contributed by atoms with E-state index in [-0.39, 0.29) is 0 Å². The van der Waals surface area contributed by atoms with Gasteiger partial charge in [0.15, 0.2) is 17.5 Å². The summed E-state index contributed by atoms with van der Waals surface area (Å²) >= 11 is 1.80. The summed E-state index contributed by atoms with van der Waals surface area (Å²) in [5.41, 5.74) is 7.99. The number of benzene rings is 9. The maximum Gasteiger partial charge on any atom is 0.164 e. The van der Waals surface area contributed by atoms with E-state index in [0.29, 0.717) is 17.5 Å². The second-order valence-corrected chi connectivity index (χ2v) is 16.2. The van der Waals surface area contributed by atoms with Crippen LogP contribution in [0.25, 0.3) is 131 Å². The third-order valence-corrected chi connectivity index (χ3v) is 12.9. The van der Waals surface area contributed by atoms with E-state index in [0.717, 1.165) is 77.1 Å². The van der Waals surface area contributed by atoms with Crippen LogP contribution in [-0.2, 0) is 0 Å². The van der Waals surface area contributed by atoms with Crippen LogP contribution < -0.4 is 0 Å². The fraction of sp³-hybridized carbons (Fsp3) is 0. The van der Waals surface area contributed by atoms with Crippen molar-refractivity contribution >= 4 is 96.9 Å². The standard InChI is InChI=1S/C53H29N3O2S/c1-2-11-35-30(10-1)20-21-31-26-32(22-24-36(31)35)51-54-52(33-23-25-48-41(27-33)38-12-5-8-19-47(38)59-48)56-53(55-51)42-28-34(29-46-50(42)40-14-4-7-17-44(40)58-46)37-15-9-18-45-49(37)39-13-3-6-16-43(39)57-45/h1-29H. The molecule has 5 nitrogen and oxygen atoms in total. The van der Waals surface area contributed by atoms with Gasteiger partial charge in [0, 0.05) is 58.4 Å². The predicted octanol–water partition coefficient (Wildman–Crippen LogP) is 15.0. The average molecular weight is 772 g/mol. The van der Waals surface area contributed by atoms with Gasteiger partial charge in [-0.1, -0.05) is 115 Å². The van der Waals surface area contributed by atoms with Crippen molar-refractivity contribution in [1.82, 2.24) is 15.0 Å². The summed E-state index contributed by atoms with van der Waals surface area (Å²) in [6.07, 6.45) is 0. The Kier molecular flexibility index (Phi) is 6.82. The van der Waals surface area contributed by atoms with E-state index in [9.17, 15) is 0 Å². The molecule has 0 aliphatic carbocycles. The molecule has 0 radical (unpaired) electrons. The maximum atomic E-state index is 6.66. The Morgan fingerprint density at radius 3 is 1.75 bits per heavy atom. The van der Waals surface area contributed by atoms with Gasteiger partial charge in [-0.15, -0.1) is 11.3 Å². The zero-order valence-electron chi connectivity index (χ0n) is 31.3. The van der Waals surface area contributed by atoms with E-state index in [2.05, 4.69) is 146 Å². The molecule has 0 saturated heterocycles. The summed E-state index contributed by atoms with van der Waals surface area (Å²) in [5, 5.41) is 11.2. The number of thiophene rings is 1. The summed E-state index contributed by atoms with van der Waals surface area (Å²) in [4.78, 5) is 16.0. The quantitative estimate of drug-likeness (QED) is 0.167. The number of nitrogens with zero attached hydrogens (tertiary/aromatic N) is 3. The van der Waals surface area contributed by atoms with Crippen LogP contribution in [0, 0.1) is 0 Å². The van der Waals surface area contributed by atoms with Gasteiger partial charge in [-0.2, -0.15) is 0 Å². The molecule has 4 heterocycles. The molecule has 0 aliphatic rings. The third-order valence-electron chi connectivity index (χ3n) is 11.7. The zero-order chi connectivity index (χ0) is 38.6. The lowest BCUT2D eigenvalue weighted by molar-refractivity contribution is 0.668. The van der Waals surface area contributed by atoms with Crippen LogP contribution in [-0.4, -0.2) is 15.0 Å². The number of aromatic nitrogens is 3. The van der Waals surface area contributed by atoms with Crippen molar-refractivity contribution in [2.75, 3.05) is 0 Å². The van der Waals surface area contributed by atoms with Gasteiger partial charge in [0.2, 0.25) is 0 Å². The summed E-state index contributed by atoms with van der Waals surface area (Å²) in [7, 11) is 0. The van der Waals surface area contributed by atoms with Crippen LogP contribution in [0.5, 0.6) is 0 Å². The Labute approximate surface area is 340 Å². The predicted molar refractivity (Wildman–Crippen MR) is 244 cm³/mol. The topological polar surface area (TPSA) is 65.0 Å². The molecule has 0 saturated carbocycles. The van der Waals surface area contributed by atoms with Crippen molar-refractivity contribution in [3.63, 3.8) is 0 Å². The minimum absolute atomic E-state index is 0.571. The SMILES string of the molecule is c1ccc2c(c1)ccc1cc(-c3nc(-c4ccc5sc6ccccc6c5c4)nc(-c4cc(-c5cccc6oc7ccccc7c56)cc5oc6ccccc6c45)n3)ccc12. The second kappa shape index (κ2) is 12.4. The lowest BCUT2D eigenvalue weighted by Crippen LogP contribution is -2.01. The van der Waals surface area contributed by atoms with Crippen LogP contribution in [0.15, 0.2) is 185 Å². The van der Waals surface area contributed by atoms with Gasteiger partial charge < -0.3 is 8.83 Å². The molecule has 0 spiro atoms. The van der Waals surface area contributed by atoms with Crippen LogP contribution in [0.3, 0.4) is 0 Å². The van der Waals surface area contributed by atoms with Crippen molar-refractivity contribution < 1.29 is 8.83 Å². The number of para-hydroxylation sites is 2. The highest BCUT2D eigenvalue weighted by molar-refractivity contribution is 7.25. The normalized spacial score (nSPS) is 12.1. The van der Waals surface area contributed by atoms with E-state index >= 15 is 0 Å². The molecule has 13 rings (SSSR count). The first kappa shape index (κ1) is 32.4. The van der Waals surface area contributed by atoms with Crippen molar-refractivity contribution in [2.24, 2.45) is 0 Å². The molecule has 0 fully saturated rings. The number of hydrogen-bond acceptors (Lipinski definition) is 6. The summed E-state index contributed by atoms with van der Waals surface area (Å²) in [5.74, 6) is 1.78. The molecule has 13 aromatic rings. The van der Waals surface area contributed by atoms with Gasteiger partial charge in [-0.05, 0) is 93.3 Å². The van der Waals surface area contributed by atoms with Gasteiger partial charge in [0.05, 0.1) is 0 Å². The van der Waals surface area contributed by atoms with Gasteiger partial charge in [0.1, 0.15) is 22.3 Å². The van der Waals surface area contributed by atoms with Crippen LogP contribution in [0.2, 0.25) is 0 Å². The van der Waals surface area contributed by atoms with Gasteiger partial charge >= 0.3 is 0 Å². The minimum Gasteiger partial charge on any atom is -0.456 e. The molecule has 274 valence electrons. The van der Waals surface area contributed by atoms with Gasteiger partial charge in [0.25, 0.3) is 0 Å². The number of furan rings is 2. The number of rotatable bonds is 4. The van der Waals surface area contributed by atoms with E-state index < -0.39 is 0 Å². The minimum atomic E-state index is 0.571. The first-order valence-electron chi connectivity index (χ1n) is 19.7. The summed E-state index contributed by atoms with van der Waals surface area (Å²) < 4.78 is 15.5. The Bertz CT molecular complexity index is 3870. The molecule has 0 bridgehead atoms. The maximum absolute atomic E-state index is 6.66. The second-order valence-electron chi connectivity index (χ2n) is 15.1. The molecular formula is C53H29N3O2S. The first-order chi connectivity index (χ1) is 29.2. The Morgan fingerprint density at radius 1 is 0.322 bits per heavy atom. The molecule has 0 aliphatic heterocycles. The zero-order valence-corrected chi connectivity index (χ0v) is 32.1. The van der Waals surface area contributed by atoms with E-state index in [1.165, 1.54) is 36.3 Å². The van der Waals surface area contributed by atoms with Crippen LogP contribution in [0.4, 0.5) is 0 Å². The first-order valence-corrected chi connectivity index (χ1v) is 20.5. The molecule has 0 N–H and O–H groups in total. The molecule has 0 atom stereocenters. The molecule has 59 heavy (non-hydrogen) atoms. The van der Waals surface area contributed by atoms with Crippen LogP contribution >= 0.6 is 11.3 Å². The Hall–Kier alpha value is -7.67. The fourth-order valence-corrected chi connectivity index (χ4v) is 10.1. The van der Waals surface area contributed by atoms with Crippen molar-refractivity contribution in [3.05, 3.63) is 176 Å². The summed E-state index contributed by atoms with van der Waals surface area (Å²) in [6, 6.07) is 61.5. The molecule has 0 unspecified atom stereocenters. The molecule has 6 heteroatoms. The highest BCUT2D eigenvalue weighted by Gasteiger charge is 2.22. The lowest BCUT2D eigenvalue weighted by atomic mass is 9.95. The van der Waals surface area contributed by atoms with Gasteiger partial charge in [-0.3, -0.25) is 0 Å². The fourth-order valence-electron chi connectivity index (χ4n) is 8.97. The highest BCUT2D eigenvalue weighted by Crippen LogP contribution is 2.44. The highest BCUT2D eigenvalue weighted by atomic mass is 32.1. The molecular weight excluding hydrogens is 743 g/mol. The van der Waals surface area contributed by atoms with E-state index in [1.807, 2.05) is 30.3 Å². The van der Waals surface area contributed by atoms with E-state index in [1.54, 1.807) is 11.3 Å².